The van der Waals surface area contributed by atoms with Gasteiger partial charge in [0.25, 0.3) is 0 Å². The van der Waals surface area contributed by atoms with Gasteiger partial charge < -0.3 is 5.73 Å². The topological polar surface area (TPSA) is 26.0 Å². The maximum absolute atomic E-state index is 6.90. The molecular weight excluding hydrogens is 206 g/mol. The van der Waals surface area contributed by atoms with E-state index in [9.17, 15) is 0 Å². The fraction of sp³-hybridized carbons (Fsp3) is 0.875. The molecule has 5 unspecified atom stereocenters. The Hall–Kier alpha value is -0.300. The Morgan fingerprint density at radius 1 is 1.29 bits per heavy atom. The summed E-state index contributed by atoms with van der Waals surface area (Å²) in [5.41, 5.74) is 8.34. The fourth-order valence-electron chi connectivity index (χ4n) is 4.60. The first kappa shape index (κ1) is 13.1. The van der Waals surface area contributed by atoms with Crippen molar-refractivity contribution >= 4 is 0 Å². The third-order valence-corrected chi connectivity index (χ3v) is 5.75. The van der Waals surface area contributed by atoms with E-state index < -0.39 is 0 Å². The second-order valence-corrected chi connectivity index (χ2v) is 6.72. The summed E-state index contributed by atoms with van der Waals surface area (Å²) in [5, 5.41) is 0. The molecule has 17 heavy (non-hydrogen) atoms. The summed E-state index contributed by atoms with van der Waals surface area (Å²) in [6, 6.07) is 0. The van der Waals surface area contributed by atoms with Gasteiger partial charge in [0.1, 0.15) is 0 Å². The van der Waals surface area contributed by atoms with Crippen molar-refractivity contribution in [2.45, 2.75) is 58.9 Å². The van der Waals surface area contributed by atoms with E-state index in [1.165, 1.54) is 24.8 Å². The van der Waals surface area contributed by atoms with E-state index >= 15 is 0 Å². The van der Waals surface area contributed by atoms with Crippen LogP contribution in [0.2, 0.25) is 0 Å². The first-order valence-corrected chi connectivity index (χ1v) is 7.40. The van der Waals surface area contributed by atoms with Crippen molar-refractivity contribution in [3.05, 3.63) is 12.2 Å². The molecule has 0 aromatic rings. The normalized spacial score (nSPS) is 50.1. The van der Waals surface area contributed by atoms with Crippen molar-refractivity contribution in [1.82, 2.24) is 0 Å². The molecule has 2 rings (SSSR count). The van der Waals surface area contributed by atoms with Gasteiger partial charge in [0.05, 0.1) is 0 Å². The zero-order valence-corrected chi connectivity index (χ0v) is 12.0. The second kappa shape index (κ2) is 4.42. The van der Waals surface area contributed by atoms with Crippen LogP contribution in [0, 0.1) is 29.6 Å². The molecular formula is C16H29N. The summed E-state index contributed by atoms with van der Waals surface area (Å²) >= 11 is 0. The molecule has 0 aliphatic heterocycles. The molecule has 2 fully saturated rings. The molecule has 0 saturated heterocycles. The summed E-state index contributed by atoms with van der Waals surface area (Å²) in [6.07, 6.45) is 4.93. The minimum atomic E-state index is 0.0452. The van der Waals surface area contributed by atoms with Crippen LogP contribution in [0.4, 0.5) is 0 Å². The number of hydrogen-bond donors (Lipinski definition) is 1. The van der Waals surface area contributed by atoms with Crippen LogP contribution in [0.5, 0.6) is 0 Å². The zero-order valence-electron chi connectivity index (χ0n) is 12.0. The Kier molecular flexibility index (Phi) is 3.42. The van der Waals surface area contributed by atoms with E-state index in [0.717, 1.165) is 30.1 Å². The highest BCUT2D eigenvalue weighted by Crippen LogP contribution is 2.58. The Balaban J connectivity index is 2.25. The predicted octanol–water partition coefficient (Wildman–Crippen LogP) is 3.99. The van der Waals surface area contributed by atoms with E-state index in [1.807, 2.05) is 0 Å². The van der Waals surface area contributed by atoms with Crippen LogP contribution in [0.25, 0.3) is 0 Å². The van der Waals surface area contributed by atoms with Crippen molar-refractivity contribution in [3.8, 4) is 0 Å². The Morgan fingerprint density at radius 2 is 1.88 bits per heavy atom. The lowest BCUT2D eigenvalue weighted by Crippen LogP contribution is -2.55. The standard InChI is InChI=1S/C16H29N/c1-6-10(2)14-11(3)8-7-9-16(14,17)15-12(4)13(15)5/h11-15H,2,6-9,17H2,1,3-5H3. The molecule has 2 aliphatic rings. The number of nitrogens with two attached hydrogens (primary N) is 1. The third kappa shape index (κ3) is 1.97. The van der Waals surface area contributed by atoms with Gasteiger partial charge in [0.2, 0.25) is 0 Å². The Morgan fingerprint density at radius 3 is 2.35 bits per heavy atom. The average Bonchev–Trinajstić information content (AvgIpc) is 2.87. The summed E-state index contributed by atoms with van der Waals surface area (Å²) in [7, 11) is 0. The van der Waals surface area contributed by atoms with Gasteiger partial charge in [-0.1, -0.05) is 52.7 Å². The SMILES string of the molecule is C=C(CC)C1C(C)CCCC1(N)C1C(C)C1C. The molecule has 2 saturated carbocycles. The van der Waals surface area contributed by atoms with Crippen molar-refractivity contribution < 1.29 is 0 Å². The zero-order chi connectivity index (χ0) is 12.8. The van der Waals surface area contributed by atoms with Crippen molar-refractivity contribution in [1.29, 1.82) is 0 Å². The highest BCUT2D eigenvalue weighted by molar-refractivity contribution is 5.20. The van der Waals surface area contributed by atoms with Gasteiger partial charge in [-0.25, -0.2) is 0 Å². The minimum absolute atomic E-state index is 0.0452. The van der Waals surface area contributed by atoms with Gasteiger partial charge in [0, 0.05) is 11.5 Å². The monoisotopic (exact) mass is 235 g/mol. The fourth-order valence-corrected chi connectivity index (χ4v) is 4.60. The van der Waals surface area contributed by atoms with Gasteiger partial charge in [-0.05, 0) is 36.5 Å². The van der Waals surface area contributed by atoms with E-state index in [4.69, 9.17) is 5.73 Å². The molecule has 98 valence electrons. The van der Waals surface area contributed by atoms with E-state index in [-0.39, 0.29) is 5.54 Å². The van der Waals surface area contributed by atoms with E-state index in [0.29, 0.717) is 5.92 Å². The Labute approximate surface area is 107 Å². The summed E-state index contributed by atoms with van der Waals surface area (Å²) < 4.78 is 0. The van der Waals surface area contributed by atoms with Crippen molar-refractivity contribution in [2.75, 3.05) is 0 Å². The lowest BCUT2D eigenvalue weighted by molar-refractivity contribution is 0.125. The Bertz CT molecular complexity index is 301. The predicted molar refractivity (Wildman–Crippen MR) is 74.7 cm³/mol. The maximum atomic E-state index is 6.90. The molecule has 0 amide bonds. The second-order valence-electron chi connectivity index (χ2n) is 6.72. The van der Waals surface area contributed by atoms with Gasteiger partial charge >= 0.3 is 0 Å². The summed E-state index contributed by atoms with van der Waals surface area (Å²) in [4.78, 5) is 0. The maximum Gasteiger partial charge on any atom is 0.0256 e. The molecule has 0 aromatic carbocycles. The molecule has 0 spiro atoms. The molecule has 0 bridgehead atoms. The van der Waals surface area contributed by atoms with Gasteiger partial charge in [-0.2, -0.15) is 0 Å². The molecule has 1 nitrogen and oxygen atoms in total. The third-order valence-electron chi connectivity index (χ3n) is 5.75. The molecule has 0 aromatic heterocycles. The van der Waals surface area contributed by atoms with Crippen LogP contribution in [0.15, 0.2) is 12.2 Å². The molecule has 2 aliphatic carbocycles. The number of hydrogen-bond acceptors (Lipinski definition) is 1. The smallest absolute Gasteiger partial charge is 0.0256 e. The molecule has 1 heteroatoms. The van der Waals surface area contributed by atoms with E-state index in [1.54, 1.807) is 0 Å². The highest BCUT2D eigenvalue weighted by Gasteiger charge is 2.59. The van der Waals surface area contributed by atoms with Crippen LogP contribution in [0.1, 0.15) is 53.4 Å². The van der Waals surface area contributed by atoms with Crippen LogP contribution in [0.3, 0.4) is 0 Å². The minimum Gasteiger partial charge on any atom is -0.324 e. The van der Waals surface area contributed by atoms with Gasteiger partial charge in [-0.3, -0.25) is 0 Å². The lowest BCUT2D eigenvalue weighted by Gasteiger charge is -2.47. The molecule has 2 N–H and O–H groups in total. The lowest BCUT2D eigenvalue weighted by atomic mass is 9.62. The van der Waals surface area contributed by atoms with E-state index in [2.05, 4.69) is 34.3 Å². The first-order chi connectivity index (χ1) is 7.93. The average molecular weight is 235 g/mol. The summed E-state index contributed by atoms with van der Waals surface area (Å²) in [6.45, 7) is 13.7. The molecule has 0 radical (unpaired) electrons. The van der Waals surface area contributed by atoms with Crippen LogP contribution < -0.4 is 5.73 Å². The summed E-state index contributed by atoms with van der Waals surface area (Å²) in [5.74, 6) is 3.65. The molecule has 0 heterocycles. The van der Waals surface area contributed by atoms with Gasteiger partial charge in [0.15, 0.2) is 0 Å². The molecule has 5 atom stereocenters. The largest absolute Gasteiger partial charge is 0.324 e. The quantitative estimate of drug-likeness (QED) is 0.735. The van der Waals surface area contributed by atoms with Crippen LogP contribution in [-0.4, -0.2) is 5.54 Å². The highest BCUT2D eigenvalue weighted by atomic mass is 14.9. The van der Waals surface area contributed by atoms with Crippen LogP contribution in [-0.2, 0) is 0 Å². The van der Waals surface area contributed by atoms with Crippen LogP contribution >= 0.6 is 0 Å². The van der Waals surface area contributed by atoms with Crippen molar-refractivity contribution in [2.24, 2.45) is 35.3 Å². The van der Waals surface area contributed by atoms with Gasteiger partial charge in [-0.15, -0.1) is 0 Å². The first-order valence-electron chi connectivity index (χ1n) is 7.40. The number of rotatable bonds is 3. The van der Waals surface area contributed by atoms with Crippen molar-refractivity contribution in [3.63, 3.8) is 0 Å².